The first-order valence-corrected chi connectivity index (χ1v) is 7.04. The monoisotopic (exact) mass is 295 g/mol. The number of amides is 1. The summed E-state index contributed by atoms with van der Waals surface area (Å²) in [6, 6.07) is 16.9. The molecule has 3 aromatic rings. The summed E-state index contributed by atoms with van der Waals surface area (Å²) in [6.07, 6.45) is 0. The molecule has 0 aliphatic heterocycles. The number of carbonyl (C=O) groups excluding carboxylic acids is 1. The van der Waals surface area contributed by atoms with Crippen LogP contribution in [-0.2, 0) is 6.54 Å². The van der Waals surface area contributed by atoms with Crippen molar-refractivity contribution >= 4 is 16.9 Å². The molecule has 1 amide bonds. The fraction of sp³-hybridized carbons (Fsp3) is 0.167. The van der Waals surface area contributed by atoms with Crippen molar-refractivity contribution in [2.75, 3.05) is 14.2 Å². The van der Waals surface area contributed by atoms with Gasteiger partial charge in [-0.15, -0.1) is 0 Å². The van der Waals surface area contributed by atoms with Gasteiger partial charge < -0.3 is 14.1 Å². The van der Waals surface area contributed by atoms with Gasteiger partial charge in [0.05, 0.1) is 13.7 Å². The number of nitrogens with zero attached hydrogens (tertiary/aromatic N) is 1. The first kappa shape index (κ1) is 14.2. The number of fused-ring (bicyclic) bond motifs is 1. The molecule has 4 nitrogen and oxygen atoms in total. The Hall–Kier alpha value is -2.75. The lowest BCUT2D eigenvalue weighted by Crippen LogP contribution is -2.25. The maximum atomic E-state index is 12.4. The molecule has 0 radical (unpaired) electrons. The molecule has 0 saturated heterocycles. The summed E-state index contributed by atoms with van der Waals surface area (Å²) in [7, 11) is 3.37. The van der Waals surface area contributed by atoms with Gasteiger partial charge in [-0.25, -0.2) is 0 Å². The molecule has 1 heterocycles. The summed E-state index contributed by atoms with van der Waals surface area (Å²) in [4.78, 5) is 14.0. The summed E-state index contributed by atoms with van der Waals surface area (Å²) >= 11 is 0. The van der Waals surface area contributed by atoms with E-state index in [0.717, 1.165) is 22.5 Å². The number of rotatable bonds is 4. The maximum absolute atomic E-state index is 12.4. The third-order valence-electron chi connectivity index (χ3n) is 3.55. The van der Waals surface area contributed by atoms with Crippen molar-refractivity contribution in [3.63, 3.8) is 0 Å². The Balaban J connectivity index is 1.74. The second-order valence-electron chi connectivity index (χ2n) is 5.14. The minimum atomic E-state index is -0.0527. The van der Waals surface area contributed by atoms with E-state index in [1.54, 1.807) is 43.3 Å². The molecule has 0 spiro atoms. The standard InChI is InChI=1S/C18H17NO3/c1-19(18(20)13-7-9-15(21-2)10-8-13)12-16-11-14-5-3-4-6-17(14)22-16/h3-11H,12H2,1-2H3. The van der Waals surface area contributed by atoms with E-state index >= 15 is 0 Å². The van der Waals surface area contributed by atoms with Crippen LogP contribution in [0, 0.1) is 0 Å². The Bertz CT molecular complexity index is 756. The van der Waals surface area contributed by atoms with Crippen LogP contribution < -0.4 is 4.74 Å². The summed E-state index contributed by atoms with van der Waals surface area (Å²) in [5.41, 5.74) is 1.46. The van der Waals surface area contributed by atoms with E-state index < -0.39 is 0 Å². The predicted molar refractivity (Wildman–Crippen MR) is 85.0 cm³/mol. The molecule has 22 heavy (non-hydrogen) atoms. The molecule has 0 fully saturated rings. The molecule has 0 N–H and O–H groups in total. The highest BCUT2D eigenvalue weighted by Gasteiger charge is 2.14. The summed E-state index contributed by atoms with van der Waals surface area (Å²) in [6.45, 7) is 0.430. The topological polar surface area (TPSA) is 42.7 Å². The van der Waals surface area contributed by atoms with E-state index in [9.17, 15) is 4.79 Å². The van der Waals surface area contributed by atoms with Gasteiger partial charge in [0.1, 0.15) is 17.1 Å². The molecular weight excluding hydrogens is 278 g/mol. The number of benzene rings is 2. The SMILES string of the molecule is COc1ccc(C(=O)N(C)Cc2cc3ccccc3o2)cc1. The molecule has 0 aliphatic carbocycles. The number of carbonyl (C=O) groups is 1. The molecule has 0 saturated carbocycles. The summed E-state index contributed by atoms with van der Waals surface area (Å²) in [5, 5.41) is 1.04. The molecule has 3 rings (SSSR count). The van der Waals surface area contributed by atoms with Crippen LogP contribution in [0.2, 0.25) is 0 Å². The van der Waals surface area contributed by atoms with Crippen LogP contribution in [0.5, 0.6) is 5.75 Å². The van der Waals surface area contributed by atoms with E-state index in [-0.39, 0.29) is 5.91 Å². The molecule has 0 unspecified atom stereocenters. The Morgan fingerprint density at radius 1 is 1.14 bits per heavy atom. The highest BCUT2D eigenvalue weighted by molar-refractivity contribution is 5.94. The average Bonchev–Trinajstić information content (AvgIpc) is 2.96. The van der Waals surface area contributed by atoms with Gasteiger partial charge in [-0.05, 0) is 36.4 Å². The van der Waals surface area contributed by atoms with Crippen LogP contribution in [0.3, 0.4) is 0 Å². The van der Waals surface area contributed by atoms with Gasteiger partial charge in [-0.3, -0.25) is 4.79 Å². The Labute approximate surface area is 128 Å². The Morgan fingerprint density at radius 3 is 2.55 bits per heavy atom. The minimum absolute atomic E-state index is 0.0527. The lowest BCUT2D eigenvalue weighted by atomic mass is 10.2. The second-order valence-corrected chi connectivity index (χ2v) is 5.14. The highest BCUT2D eigenvalue weighted by atomic mass is 16.5. The zero-order valence-corrected chi connectivity index (χ0v) is 12.6. The average molecular weight is 295 g/mol. The zero-order chi connectivity index (χ0) is 15.5. The van der Waals surface area contributed by atoms with Crippen molar-refractivity contribution in [1.82, 2.24) is 4.90 Å². The van der Waals surface area contributed by atoms with E-state index in [1.807, 2.05) is 30.3 Å². The number of hydrogen-bond acceptors (Lipinski definition) is 3. The molecule has 2 aromatic carbocycles. The third-order valence-corrected chi connectivity index (χ3v) is 3.55. The van der Waals surface area contributed by atoms with Crippen LogP contribution in [0.1, 0.15) is 16.1 Å². The first-order valence-electron chi connectivity index (χ1n) is 7.04. The highest BCUT2D eigenvalue weighted by Crippen LogP contribution is 2.20. The van der Waals surface area contributed by atoms with Crippen molar-refractivity contribution in [3.8, 4) is 5.75 Å². The molecular formula is C18H17NO3. The van der Waals surface area contributed by atoms with E-state index in [1.165, 1.54) is 0 Å². The van der Waals surface area contributed by atoms with Gasteiger partial charge in [0.15, 0.2) is 0 Å². The van der Waals surface area contributed by atoms with Crippen molar-refractivity contribution in [3.05, 3.63) is 65.9 Å². The molecule has 4 heteroatoms. The second kappa shape index (κ2) is 5.93. The largest absolute Gasteiger partial charge is 0.497 e. The van der Waals surface area contributed by atoms with Gasteiger partial charge >= 0.3 is 0 Å². The van der Waals surface area contributed by atoms with Crippen molar-refractivity contribution in [2.24, 2.45) is 0 Å². The van der Waals surface area contributed by atoms with E-state index in [2.05, 4.69) is 0 Å². The maximum Gasteiger partial charge on any atom is 0.254 e. The number of ether oxygens (including phenoxy) is 1. The van der Waals surface area contributed by atoms with Crippen molar-refractivity contribution in [2.45, 2.75) is 6.54 Å². The lowest BCUT2D eigenvalue weighted by molar-refractivity contribution is 0.0776. The predicted octanol–water partition coefficient (Wildman–Crippen LogP) is 3.71. The number of para-hydroxylation sites is 1. The smallest absolute Gasteiger partial charge is 0.254 e. The molecule has 112 valence electrons. The zero-order valence-electron chi connectivity index (χ0n) is 12.6. The molecule has 0 bridgehead atoms. The molecule has 0 aliphatic rings. The third kappa shape index (κ3) is 2.81. The summed E-state index contributed by atoms with van der Waals surface area (Å²) < 4.78 is 10.8. The van der Waals surface area contributed by atoms with Crippen molar-refractivity contribution in [1.29, 1.82) is 0 Å². The quantitative estimate of drug-likeness (QED) is 0.737. The first-order chi connectivity index (χ1) is 10.7. The molecule has 0 atom stereocenters. The summed E-state index contributed by atoms with van der Waals surface area (Å²) in [5.74, 6) is 1.45. The van der Waals surface area contributed by atoms with Crippen LogP contribution >= 0.6 is 0 Å². The van der Waals surface area contributed by atoms with Gasteiger partial charge in [0.25, 0.3) is 5.91 Å². The number of furan rings is 1. The Morgan fingerprint density at radius 2 is 1.86 bits per heavy atom. The normalized spacial score (nSPS) is 10.6. The van der Waals surface area contributed by atoms with E-state index in [4.69, 9.17) is 9.15 Å². The van der Waals surface area contributed by atoms with E-state index in [0.29, 0.717) is 12.1 Å². The number of hydrogen-bond donors (Lipinski definition) is 0. The lowest BCUT2D eigenvalue weighted by Gasteiger charge is -2.15. The van der Waals surface area contributed by atoms with Gasteiger partial charge in [0, 0.05) is 18.0 Å². The van der Waals surface area contributed by atoms with Crippen LogP contribution in [0.25, 0.3) is 11.0 Å². The van der Waals surface area contributed by atoms with Crippen LogP contribution in [0.4, 0.5) is 0 Å². The van der Waals surface area contributed by atoms with Crippen molar-refractivity contribution < 1.29 is 13.9 Å². The van der Waals surface area contributed by atoms with Gasteiger partial charge in [-0.1, -0.05) is 18.2 Å². The van der Waals surface area contributed by atoms with Gasteiger partial charge in [0.2, 0.25) is 0 Å². The Kier molecular flexibility index (Phi) is 3.83. The number of methoxy groups -OCH3 is 1. The fourth-order valence-electron chi connectivity index (χ4n) is 2.37. The van der Waals surface area contributed by atoms with Crippen LogP contribution in [-0.4, -0.2) is 25.0 Å². The molecule has 1 aromatic heterocycles. The van der Waals surface area contributed by atoms with Gasteiger partial charge in [-0.2, -0.15) is 0 Å². The van der Waals surface area contributed by atoms with Crippen LogP contribution in [0.15, 0.2) is 59.0 Å². The fourth-order valence-corrected chi connectivity index (χ4v) is 2.37. The minimum Gasteiger partial charge on any atom is -0.497 e.